The van der Waals surface area contributed by atoms with Crippen LogP contribution in [0.25, 0.3) is 22.3 Å². The highest BCUT2D eigenvalue weighted by Gasteiger charge is 2.13. The molecule has 2 N–H and O–H groups in total. The van der Waals surface area contributed by atoms with Gasteiger partial charge in [0.1, 0.15) is 5.76 Å². The van der Waals surface area contributed by atoms with Crippen LogP contribution in [0.5, 0.6) is 11.5 Å². The number of fused-ring (bicyclic) bond motifs is 1. The van der Waals surface area contributed by atoms with Gasteiger partial charge in [-0.15, -0.1) is 9.24 Å². The lowest BCUT2D eigenvalue weighted by molar-refractivity contribution is 0.400. The van der Waals surface area contributed by atoms with Gasteiger partial charge in [-0.05, 0) is 36.7 Å². The zero-order chi connectivity index (χ0) is 16.4. The van der Waals surface area contributed by atoms with E-state index in [1.165, 1.54) is 23.8 Å². The van der Waals surface area contributed by atoms with Crippen LogP contribution in [-0.4, -0.2) is 16.4 Å². The minimum absolute atomic E-state index is 0.000385. The molecule has 0 saturated carbocycles. The Kier molecular flexibility index (Phi) is 4.35. The van der Waals surface area contributed by atoms with Crippen molar-refractivity contribution in [3.8, 4) is 22.8 Å². The van der Waals surface area contributed by atoms with Crippen molar-refractivity contribution in [2.24, 2.45) is 0 Å². The zero-order valence-electron chi connectivity index (χ0n) is 12.5. The van der Waals surface area contributed by atoms with Gasteiger partial charge in [0.05, 0.1) is 5.39 Å². The SMILES string of the molecule is O=c1cc(-c2ccc(CCCP)cc2)oc2c(O)c(O)ccc12. The minimum atomic E-state index is -0.418. The van der Waals surface area contributed by atoms with Crippen molar-refractivity contribution in [1.29, 1.82) is 0 Å². The Balaban J connectivity index is 2.06. The van der Waals surface area contributed by atoms with Gasteiger partial charge in [-0.25, -0.2) is 0 Å². The van der Waals surface area contributed by atoms with Gasteiger partial charge in [-0.1, -0.05) is 24.3 Å². The van der Waals surface area contributed by atoms with Gasteiger partial charge in [0.25, 0.3) is 0 Å². The molecule has 0 aliphatic carbocycles. The maximum absolute atomic E-state index is 12.2. The molecule has 0 aliphatic heterocycles. The maximum Gasteiger partial charge on any atom is 0.201 e. The fourth-order valence-electron chi connectivity index (χ4n) is 2.48. The van der Waals surface area contributed by atoms with Gasteiger partial charge in [-0.3, -0.25) is 4.79 Å². The minimum Gasteiger partial charge on any atom is -0.504 e. The summed E-state index contributed by atoms with van der Waals surface area (Å²) < 4.78 is 5.65. The number of phenolic OH excluding ortho intramolecular Hbond substituents is 2. The molecule has 0 amide bonds. The molecule has 1 unspecified atom stereocenters. The lowest BCUT2D eigenvalue weighted by atomic mass is 10.1. The number of aryl methyl sites for hydroxylation is 1. The standard InChI is InChI=1S/C18H17O4P/c19-14-8-7-13-15(20)10-16(22-18(13)17(14)21)12-5-3-11(4-6-12)2-1-9-23/h3-8,10,19,21H,1-2,9,23H2. The first-order valence-electron chi connectivity index (χ1n) is 7.38. The summed E-state index contributed by atoms with van der Waals surface area (Å²) in [4.78, 5) is 12.2. The summed E-state index contributed by atoms with van der Waals surface area (Å²) in [6.07, 6.45) is 3.16. The Morgan fingerprint density at radius 1 is 1.04 bits per heavy atom. The lowest BCUT2D eigenvalue weighted by Crippen LogP contribution is -2.00. The van der Waals surface area contributed by atoms with Gasteiger partial charge in [-0.2, -0.15) is 0 Å². The first kappa shape index (κ1) is 15.6. The maximum atomic E-state index is 12.2. The summed E-state index contributed by atoms with van der Waals surface area (Å²) >= 11 is 0. The second kappa shape index (κ2) is 6.43. The van der Waals surface area contributed by atoms with Crippen molar-refractivity contribution >= 4 is 20.2 Å². The largest absolute Gasteiger partial charge is 0.504 e. The van der Waals surface area contributed by atoms with Crippen LogP contribution in [0, 0.1) is 0 Å². The fraction of sp³-hybridized carbons (Fsp3) is 0.167. The van der Waals surface area contributed by atoms with Crippen molar-refractivity contribution in [2.75, 3.05) is 6.16 Å². The molecule has 118 valence electrons. The molecule has 0 fully saturated rings. The van der Waals surface area contributed by atoms with Crippen LogP contribution in [0.4, 0.5) is 0 Å². The topological polar surface area (TPSA) is 70.7 Å². The molecule has 0 radical (unpaired) electrons. The summed E-state index contributed by atoms with van der Waals surface area (Å²) in [6, 6.07) is 11.9. The van der Waals surface area contributed by atoms with E-state index >= 15 is 0 Å². The number of benzene rings is 2. The molecular formula is C18H17O4P. The van der Waals surface area contributed by atoms with Gasteiger partial charge in [0.2, 0.25) is 5.75 Å². The summed E-state index contributed by atoms with van der Waals surface area (Å²) in [6.45, 7) is 0. The number of hydrogen-bond acceptors (Lipinski definition) is 4. The van der Waals surface area contributed by atoms with E-state index in [0.717, 1.165) is 24.6 Å². The average Bonchev–Trinajstić information content (AvgIpc) is 2.57. The first-order valence-corrected chi connectivity index (χ1v) is 8.20. The Hall–Kier alpha value is -2.32. The van der Waals surface area contributed by atoms with Crippen LogP contribution in [0.1, 0.15) is 12.0 Å². The molecule has 1 aromatic heterocycles. The first-order chi connectivity index (χ1) is 11.1. The van der Waals surface area contributed by atoms with Crippen LogP contribution in [0.2, 0.25) is 0 Å². The highest BCUT2D eigenvalue weighted by Crippen LogP contribution is 2.34. The van der Waals surface area contributed by atoms with E-state index in [0.29, 0.717) is 5.76 Å². The molecule has 3 rings (SSSR count). The third-order valence-corrected chi connectivity index (χ3v) is 4.17. The lowest BCUT2D eigenvalue weighted by Gasteiger charge is -2.06. The number of phenols is 2. The molecular weight excluding hydrogens is 311 g/mol. The van der Waals surface area contributed by atoms with Gasteiger partial charge in [0, 0.05) is 11.6 Å². The molecule has 4 nitrogen and oxygen atoms in total. The molecule has 0 aliphatic rings. The molecule has 1 atom stereocenters. The van der Waals surface area contributed by atoms with E-state index in [1.807, 2.05) is 24.3 Å². The van der Waals surface area contributed by atoms with Crippen LogP contribution < -0.4 is 5.43 Å². The van der Waals surface area contributed by atoms with Crippen molar-refractivity contribution in [1.82, 2.24) is 0 Å². The van der Waals surface area contributed by atoms with Gasteiger partial charge in [0.15, 0.2) is 16.8 Å². The molecule has 3 aromatic rings. The highest BCUT2D eigenvalue weighted by atomic mass is 31.0. The second-order valence-electron chi connectivity index (χ2n) is 5.37. The van der Waals surface area contributed by atoms with E-state index in [2.05, 4.69) is 9.24 Å². The number of hydrogen-bond donors (Lipinski definition) is 2. The third-order valence-electron chi connectivity index (χ3n) is 3.76. The van der Waals surface area contributed by atoms with Gasteiger partial charge >= 0.3 is 0 Å². The highest BCUT2D eigenvalue weighted by molar-refractivity contribution is 7.16. The molecule has 1 heterocycles. The van der Waals surface area contributed by atoms with Crippen LogP contribution in [0.3, 0.4) is 0 Å². The van der Waals surface area contributed by atoms with Crippen molar-refractivity contribution < 1.29 is 14.6 Å². The molecule has 23 heavy (non-hydrogen) atoms. The Morgan fingerprint density at radius 2 is 1.78 bits per heavy atom. The van der Waals surface area contributed by atoms with E-state index in [-0.39, 0.29) is 22.1 Å². The van der Waals surface area contributed by atoms with Crippen molar-refractivity contribution in [3.05, 3.63) is 58.3 Å². The van der Waals surface area contributed by atoms with Crippen LogP contribution in [0.15, 0.2) is 51.7 Å². The molecule has 0 saturated heterocycles. The Bertz CT molecular complexity index is 897. The fourth-order valence-corrected chi connectivity index (χ4v) is 2.68. The smallest absolute Gasteiger partial charge is 0.201 e. The molecule has 0 bridgehead atoms. The average molecular weight is 328 g/mol. The molecule has 2 aromatic carbocycles. The predicted molar refractivity (Wildman–Crippen MR) is 94.1 cm³/mol. The van der Waals surface area contributed by atoms with Crippen LogP contribution in [-0.2, 0) is 6.42 Å². The predicted octanol–water partition coefficient (Wildman–Crippen LogP) is 3.68. The normalized spacial score (nSPS) is 11.0. The van der Waals surface area contributed by atoms with Crippen molar-refractivity contribution in [3.63, 3.8) is 0 Å². The Labute approximate surface area is 135 Å². The summed E-state index contributed by atoms with van der Waals surface area (Å²) in [7, 11) is 2.71. The summed E-state index contributed by atoms with van der Waals surface area (Å²) in [5.74, 6) is -0.370. The number of rotatable bonds is 4. The molecule has 0 spiro atoms. The van der Waals surface area contributed by atoms with Crippen molar-refractivity contribution in [2.45, 2.75) is 12.8 Å². The Morgan fingerprint density at radius 3 is 2.48 bits per heavy atom. The van der Waals surface area contributed by atoms with E-state index in [9.17, 15) is 15.0 Å². The third kappa shape index (κ3) is 3.08. The van der Waals surface area contributed by atoms with E-state index in [1.54, 1.807) is 0 Å². The zero-order valence-corrected chi connectivity index (χ0v) is 13.6. The van der Waals surface area contributed by atoms with Gasteiger partial charge < -0.3 is 14.6 Å². The summed E-state index contributed by atoms with van der Waals surface area (Å²) in [5.41, 5.74) is 1.71. The molecule has 5 heteroatoms. The quantitative estimate of drug-likeness (QED) is 0.566. The van der Waals surface area contributed by atoms with E-state index < -0.39 is 5.75 Å². The number of aromatic hydroxyl groups is 2. The summed E-state index contributed by atoms with van der Waals surface area (Å²) in [5, 5.41) is 19.7. The second-order valence-corrected chi connectivity index (χ2v) is 5.95. The monoisotopic (exact) mass is 328 g/mol. The van der Waals surface area contributed by atoms with E-state index in [4.69, 9.17) is 4.42 Å². The van der Waals surface area contributed by atoms with Crippen LogP contribution >= 0.6 is 9.24 Å².